The van der Waals surface area contributed by atoms with E-state index in [0.29, 0.717) is 5.02 Å². The number of rotatable bonds is 4. The van der Waals surface area contributed by atoms with Gasteiger partial charge in [-0.2, -0.15) is 0 Å². The topological polar surface area (TPSA) is 49.3 Å². The van der Waals surface area contributed by atoms with Gasteiger partial charge in [0.2, 0.25) is 0 Å². The minimum absolute atomic E-state index is 0.0348. The summed E-state index contributed by atoms with van der Waals surface area (Å²) in [5, 5.41) is 12.5. The Morgan fingerprint density at radius 2 is 1.95 bits per heavy atom. The van der Waals surface area contributed by atoms with E-state index in [1.807, 2.05) is 6.07 Å². The van der Waals surface area contributed by atoms with Crippen LogP contribution < -0.4 is 5.32 Å². The largest absolute Gasteiger partial charge is 0.478 e. The van der Waals surface area contributed by atoms with Crippen LogP contribution >= 0.6 is 11.6 Å². The predicted molar refractivity (Wildman–Crippen MR) is 76.8 cm³/mol. The van der Waals surface area contributed by atoms with Gasteiger partial charge >= 0.3 is 5.97 Å². The molecule has 0 fully saturated rings. The Morgan fingerprint density at radius 1 is 1.25 bits per heavy atom. The number of para-hydroxylation sites is 1. The van der Waals surface area contributed by atoms with E-state index in [-0.39, 0.29) is 17.3 Å². The highest BCUT2D eigenvalue weighted by Gasteiger charge is 2.17. The lowest BCUT2D eigenvalue weighted by molar-refractivity contribution is 0.0697. The zero-order valence-corrected chi connectivity index (χ0v) is 11.5. The maximum atomic E-state index is 13.8. The third-order valence-corrected chi connectivity index (χ3v) is 3.32. The predicted octanol–water partition coefficient (Wildman–Crippen LogP) is 4.35. The summed E-state index contributed by atoms with van der Waals surface area (Å²) in [6.45, 7) is 1.79. The number of hydrogen-bond acceptors (Lipinski definition) is 2. The Labute approximate surface area is 121 Å². The van der Waals surface area contributed by atoms with Crippen molar-refractivity contribution in [2.45, 2.75) is 13.0 Å². The number of benzene rings is 2. The lowest BCUT2D eigenvalue weighted by Crippen LogP contribution is -2.12. The number of carboxylic acids is 1. The molecule has 0 aliphatic rings. The molecule has 104 valence electrons. The van der Waals surface area contributed by atoms with Gasteiger partial charge in [0.1, 0.15) is 5.82 Å². The molecule has 0 bridgehead atoms. The van der Waals surface area contributed by atoms with Crippen LogP contribution in [0, 0.1) is 5.82 Å². The van der Waals surface area contributed by atoms with Gasteiger partial charge in [0, 0.05) is 5.02 Å². The maximum absolute atomic E-state index is 13.8. The van der Waals surface area contributed by atoms with Crippen molar-refractivity contribution in [2.24, 2.45) is 0 Å². The second kappa shape index (κ2) is 5.92. The van der Waals surface area contributed by atoms with Crippen LogP contribution in [0.4, 0.5) is 10.1 Å². The highest BCUT2D eigenvalue weighted by Crippen LogP contribution is 2.28. The third-order valence-electron chi connectivity index (χ3n) is 2.98. The lowest BCUT2D eigenvalue weighted by atomic mass is 10.1. The van der Waals surface area contributed by atoms with Crippen molar-refractivity contribution in [1.82, 2.24) is 0 Å². The molecule has 0 spiro atoms. The van der Waals surface area contributed by atoms with Gasteiger partial charge < -0.3 is 10.4 Å². The van der Waals surface area contributed by atoms with Crippen molar-refractivity contribution in [1.29, 1.82) is 0 Å². The molecule has 0 saturated heterocycles. The van der Waals surface area contributed by atoms with E-state index in [0.717, 1.165) is 5.56 Å². The standard InChI is InChI=1S/C15H13ClFNO2/c1-9(10-5-2-3-7-12(10)16)18-14-11(15(19)20)6-4-8-13(14)17/h2-9,18H,1H3,(H,19,20). The molecule has 20 heavy (non-hydrogen) atoms. The monoisotopic (exact) mass is 293 g/mol. The number of aromatic carboxylic acids is 1. The average molecular weight is 294 g/mol. The molecule has 1 atom stereocenters. The summed E-state index contributed by atoms with van der Waals surface area (Å²) in [4.78, 5) is 11.1. The number of carbonyl (C=O) groups is 1. The normalized spacial score (nSPS) is 11.9. The zero-order valence-electron chi connectivity index (χ0n) is 10.7. The van der Waals surface area contributed by atoms with Crippen LogP contribution in [-0.2, 0) is 0 Å². The molecule has 2 rings (SSSR count). The minimum atomic E-state index is -1.18. The third kappa shape index (κ3) is 2.91. The Kier molecular flexibility index (Phi) is 4.25. The van der Waals surface area contributed by atoms with E-state index < -0.39 is 11.8 Å². The van der Waals surface area contributed by atoms with Gasteiger partial charge in [-0.15, -0.1) is 0 Å². The molecule has 1 unspecified atom stereocenters. The van der Waals surface area contributed by atoms with Crippen molar-refractivity contribution in [3.63, 3.8) is 0 Å². The van der Waals surface area contributed by atoms with Crippen LogP contribution in [0.1, 0.15) is 28.9 Å². The highest BCUT2D eigenvalue weighted by molar-refractivity contribution is 6.31. The molecule has 2 aromatic rings. The number of nitrogens with one attached hydrogen (secondary N) is 1. The van der Waals surface area contributed by atoms with Crippen LogP contribution in [0.25, 0.3) is 0 Å². The van der Waals surface area contributed by atoms with E-state index in [1.54, 1.807) is 25.1 Å². The number of halogens is 2. The zero-order chi connectivity index (χ0) is 14.7. The van der Waals surface area contributed by atoms with Gasteiger partial charge in [0.25, 0.3) is 0 Å². The number of anilines is 1. The second-order valence-electron chi connectivity index (χ2n) is 4.36. The smallest absolute Gasteiger partial charge is 0.337 e. The number of hydrogen-bond donors (Lipinski definition) is 2. The van der Waals surface area contributed by atoms with Crippen molar-refractivity contribution in [3.05, 3.63) is 64.4 Å². The Bertz CT molecular complexity index is 646. The van der Waals surface area contributed by atoms with Gasteiger partial charge in [-0.25, -0.2) is 9.18 Å². The Hall–Kier alpha value is -2.07. The molecule has 2 N–H and O–H groups in total. The van der Waals surface area contributed by atoms with Gasteiger partial charge in [0.05, 0.1) is 17.3 Å². The van der Waals surface area contributed by atoms with Crippen LogP contribution in [0.2, 0.25) is 5.02 Å². The summed E-state index contributed by atoms with van der Waals surface area (Å²) >= 11 is 6.08. The molecular formula is C15H13ClFNO2. The Balaban J connectivity index is 2.35. The first kappa shape index (κ1) is 14.3. The first-order valence-corrected chi connectivity index (χ1v) is 6.41. The SMILES string of the molecule is CC(Nc1c(F)cccc1C(=O)O)c1ccccc1Cl. The fourth-order valence-corrected chi connectivity index (χ4v) is 2.27. The molecule has 0 amide bonds. The van der Waals surface area contributed by atoms with E-state index in [4.69, 9.17) is 16.7 Å². The first-order valence-electron chi connectivity index (χ1n) is 6.03. The molecule has 0 aromatic heterocycles. The van der Waals surface area contributed by atoms with E-state index in [1.165, 1.54) is 18.2 Å². The van der Waals surface area contributed by atoms with Crippen LogP contribution in [0.15, 0.2) is 42.5 Å². The van der Waals surface area contributed by atoms with Gasteiger partial charge in [0.15, 0.2) is 0 Å². The second-order valence-corrected chi connectivity index (χ2v) is 4.76. The summed E-state index contributed by atoms with van der Waals surface area (Å²) in [6.07, 6.45) is 0. The molecule has 0 heterocycles. The minimum Gasteiger partial charge on any atom is -0.478 e. The molecule has 0 saturated carbocycles. The lowest BCUT2D eigenvalue weighted by Gasteiger charge is -2.18. The molecule has 0 radical (unpaired) electrons. The molecule has 2 aromatic carbocycles. The molecule has 0 aliphatic heterocycles. The van der Waals surface area contributed by atoms with Gasteiger partial charge in [-0.3, -0.25) is 0 Å². The summed E-state index contributed by atoms with van der Waals surface area (Å²) < 4.78 is 13.8. The number of carboxylic acid groups (broad SMARTS) is 1. The summed E-state index contributed by atoms with van der Waals surface area (Å²) in [5.74, 6) is -1.79. The van der Waals surface area contributed by atoms with Crippen molar-refractivity contribution in [3.8, 4) is 0 Å². The molecule has 5 heteroatoms. The fourth-order valence-electron chi connectivity index (χ4n) is 1.97. The molecule has 0 aliphatic carbocycles. The van der Waals surface area contributed by atoms with Crippen LogP contribution in [0.3, 0.4) is 0 Å². The summed E-state index contributed by atoms with van der Waals surface area (Å²) in [6, 6.07) is 10.8. The summed E-state index contributed by atoms with van der Waals surface area (Å²) in [5.41, 5.74) is 0.630. The van der Waals surface area contributed by atoms with E-state index in [9.17, 15) is 9.18 Å². The van der Waals surface area contributed by atoms with Gasteiger partial charge in [-0.1, -0.05) is 35.9 Å². The van der Waals surface area contributed by atoms with Crippen LogP contribution in [-0.4, -0.2) is 11.1 Å². The van der Waals surface area contributed by atoms with Crippen molar-refractivity contribution in [2.75, 3.05) is 5.32 Å². The average Bonchev–Trinajstić information content (AvgIpc) is 2.41. The molecular weight excluding hydrogens is 281 g/mol. The van der Waals surface area contributed by atoms with Gasteiger partial charge in [-0.05, 0) is 30.7 Å². The van der Waals surface area contributed by atoms with Crippen molar-refractivity contribution >= 4 is 23.3 Å². The summed E-state index contributed by atoms with van der Waals surface area (Å²) in [7, 11) is 0. The fraction of sp³-hybridized carbons (Fsp3) is 0.133. The Morgan fingerprint density at radius 3 is 2.60 bits per heavy atom. The van der Waals surface area contributed by atoms with Crippen molar-refractivity contribution < 1.29 is 14.3 Å². The van der Waals surface area contributed by atoms with E-state index >= 15 is 0 Å². The quantitative estimate of drug-likeness (QED) is 0.881. The molecule has 3 nitrogen and oxygen atoms in total. The first-order chi connectivity index (χ1) is 9.50. The van der Waals surface area contributed by atoms with Crippen LogP contribution in [0.5, 0.6) is 0 Å². The van der Waals surface area contributed by atoms with E-state index in [2.05, 4.69) is 5.32 Å². The highest BCUT2D eigenvalue weighted by atomic mass is 35.5. The maximum Gasteiger partial charge on any atom is 0.337 e.